The number of anilines is 1. The number of imidazole rings is 1. The topological polar surface area (TPSA) is 29.8 Å². The molecule has 2 heterocycles. The van der Waals surface area contributed by atoms with Gasteiger partial charge in [0, 0.05) is 37.7 Å². The maximum absolute atomic E-state index is 5.34. The fourth-order valence-electron chi connectivity index (χ4n) is 2.22. The smallest absolute Gasteiger partial charge is 0.180 e. The Balaban J connectivity index is 2.06. The molecule has 20 heavy (non-hydrogen) atoms. The molecule has 4 nitrogen and oxygen atoms in total. The molecule has 3 aromatic rings. The number of ether oxygens (including phenoxy) is 1. The van der Waals surface area contributed by atoms with Crippen molar-refractivity contribution in [2.75, 3.05) is 26.1 Å². The second kappa shape index (κ2) is 4.89. The van der Waals surface area contributed by atoms with Crippen molar-refractivity contribution in [3.05, 3.63) is 48.8 Å². The second-order valence-electron chi connectivity index (χ2n) is 4.87. The number of pyridine rings is 1. The Morgan fingerprint density at radius 1 is 1.10 bits per heavy atom. The number of hydrogen-bond acceptors (Lipinski definition) is 3. The Kier molecular flexibility index (Phi) is 3.06. The molecule has 102 valence electrons. The molecule has 0 aliphatic carbocycles. The minimum atomic E-state index is 0.781. The number of methoxy groups -OCH3 is 1. The van der Waals surface area contributed by atoms with E-state index in [1.54, 1.807) is 7.11 Å². The third-order valence-corrected chi connectivity index (χ3v) is 3.35. The SMILES string of the molecule is COc1cccn2cc(-c3ccc(N(C)C)cc3)nc12. The van der Waals surface area contributed by atoms with E-state index in [0.29, 0.717) is 0 Å². The van der Waals surface area contributed by atoms with E-state index in [-0.39, 0.29) is 0 Å². The first kappa shape index (κ1) is 12.5. The molecule has 0 aliphatic rings. The van der Waals surface area contributed by atoms with E-state index < -0.39 is 0 Å². The fraction of sp³-hybridized carbons (Fsp3) is 0.188. The minimum Gasteiger partial charge on any atom is -0.493 e. The fourth-order valence-corrected chi connectivity index (χ4v) is 2.22. The van der Waals surface area contributed by atoms with Crippen molar-refractivity contribution in [1.29, 1.82) is 0 Å². The van der Waals surface area contributed by atoms with Crippen LogP contribution < -0.4 is 9.64 Å². The molecule has 0 radical (unpaired) electrons. The summed E-state index contributed by atoms with van der Waals surface area (Å²) >= 11 is 0. The van der Waals surface area contributed by atoms with Gasteiger partial charge in [0.15, 0.2) is 11.4 Å². The highest BCUT2D eigenvalue weighted by Crippen LogP contribution is 2.25. The number of benzene rings is 1. The lowest BCUT2D eigenvalue weighted by molar-refractivity contribution is 0.417. The number of nitrogens with zero attached hydrogens (tertiary/aromatic N) is 3. The molecular formula is C16H17N3O. The van der Waals surface area contributed by atoms with Gasteiger partial charge in [0.2, 0.25) is 0 Å². The lowest BCUT2D eigenvalue weighted by Gasteiger charge is -2.12. The van der Waals surface area contributed by atoms with Crippen molar-refractivity contribution >= 4 is 11.3 Å². The van der Waals surface area contributed by atoms with Crippen molar-refractivity contribution < 1.29 is 4.74 Å². The molecule has 0 saturated carbocycles. The third kappa shape index (κ3) is 2.09. The quantitative estimate of drug-likeness (QED) is 0.730. The Bertz CT molecular complexity index is 729. The minimum absolute atomic E-state index is 0.781. The van der Waals surface area contributed by atoms with E-state index in [4.69, 9.17) is 4.74 Å². The van der Waals surface area contributed by atoms with Crippen LogP contribution in [-0.2, 0) is 0 Å². The molecule has 4 heteroatoms. The van der Waals surface area contributed by atoms with E-state index in [9.17, 15) is 0 Å². The van der Waals surface area contributed by atoms with Gasteiger partial charge in [-0.15, -0.1) is 0 Å². The van der Waals surface area contributed by atoms with E-state index in [2.05, 4.69) is 34.1 Å². The molecule has 1 aromatic carbocycles. The average Bonchev–Trinajstić information content (AvgIpc) is 2.91. The van der Waals surface area contributed by atoms with Crippen LogP contribution in [0.2, 0.25) is 0 Å². The zero-order valence-electron chi connectivity index (χ0n) is 11.9. The zero-order chi connectivity index (χ0) is 14.1. The highest BCUT2D eigenvalue weighted by atomic mass is 16.5. The van der Waals surface area contributed by atoms with Gasteiger partial charge in [0.25, 0.3) is 0 Å². The summed E-state index contributed by atoms with van der Waals surface area (Å²) in [4.78, 5) is 6.73. The van der Waals surface area contributed by atoms with Crippen LogP contribution in [-0.4, -0.2) is 30.6 Å². The van der Waals surface area contributed by atoms with E-state index >= 15 is 0 Å². The highest BCUT2D eigenvalue weighted by molar-refractivity contribution is 5.67. The Morgan fingerprint density at radius 2 is 1.85 bits per heavy atom. The van der Waals surface area contributed by atoms with E-state index in [1.807, 2.05) is 43.0 Å². The molecule has 0 atom stereocenters. The predicted molar refractivity (Wildman–Crippen MR) is 81.5 cm³/mol. The Labute approximate surface area is 118 Å². The Hall–Kier alpha value is -2.49. The molecule has 0 aliphatic heterocycles. The summed E-state index contributed by atoms with van der Waals surface area (Å²) in [6.45, 7) is 0. The second-order valence-corrected chi connectivity index (χ2v) is 4.87. The molecule has 0 fully saturated rings. The van der Waals surface area contributed by atoms with Crippen LogP contribution in [0.3, 0.4) is 0 Å². The molecule has 0 saturated heterocycles. The van der Waals surface area contributed by atoms with E-state index in [0.717, 1.165) is 22.7 Å². The normalized spacial score (nSPS) is 10.8. The first-order chi connectivity index (χ1) is 9.69. The summed E-state index contributed by atoms with van der Waals surface area (Å²) in [6.07, 6.45) is 3.99. The van der Waals surface area contributed by atoms with Gasteiger partial charge >= 0.3 is 0 Å². The first-order valence-electron chi connectivity index (χ1n) is 6.48. The van der Waals surface area contributed by atoms with Crippen LogP contribution in [0.1, 0.15) is 0 Å². The summed E-state index contributed by atoms with van der Waals surface area (Å²) in [6, 6.07) is 12.2. The average molecular weight is 267 g/mol. The van der Waals surface area contributed by atoms with Gasteiger partial charge in [-0.25, -0.2) is 4.98 Å². The lowest BCUT2D eigenvalue weighted by Crippen LogP contribution is -2.07. The number of rotatable bonds is 3. The predicted octanol–water partition coefficient (Wildman–Crippen LogP) is 3.08. The molecule has 0 bridgehead atoms. The van der Waals surface area contributed by atoms with Gasteiger partial charge in [-0.1, -0.05) is 12.1 Å². The van der Waals surface area contributed by atoms with Gasteiger partial charge < -0.3 is 14.0 Å². The van der Waals surface area contributed by atoms with Crippen molar-refractivity contribution in [3.8, 4) is 17.0 Å². The van der Waals surface area contributed by atoms with Crippen molar-refractivity contribution in [3.63, 3.8) is 0 Å². The van der Waals surface area contributed by atoms with Crippen LogP contribution in [0.15, 0.2) is 48.8 Å². The van der Waals surface area contributed by atoms with Gasteiger partial charge in [-0.05, 0) is 24.3 Å². The zero-order valence-corrected chi connectivity index (χ0v) is 11.9. The van der Waals surface area contributed by atoms with Gasteiger partial charge in [0.05, 0.1) is 12.8 Å². The molecule has 3 rings (SSSR count). The van der Waals surface area contributed by atoms with Crippen LogP contribution in [0.25, 0.3) is 16.9 Å². The molecular weight excluding hydrogens is 250 g/mol. The van der Waals surface area contributed by atoms with Crippen LogP contribution >= 0.6 is 0 Å². The summed E-state index contributed by atoms with van der Waals surface area (Å²) in [5.41, 5.74) is 4.05. The lowest BCUT2D eigenvalue weighted by atomic mass is 10.1. The van der Waals surface area contributed by atoms with Crippen LogP contribution in [0.4, 0.5) is 5.69 Å². The van der Waals surface area contributed by atoms with Gasteiger partial charge in [0.1, 0.15) is 0 Å². The molecule has 0 unspecified atom stereocenters. The molecule has 2 aromatic heterocycles. The van der Waals surface area contributed by atoms with Gasteiger partial charge in [-0.2, -0.15) is 0 Å². The summed E-state index contributed by atoms with van der Waals surface area (Å²) < 4.78 is 7.32. The van der Waals surface area contributed by atoms with Crippen molar-refractivity contribution in [1.82, 2.24) is 9.38 Å². The summed E-state index contributed by atoms with van der Waals surface area (Å²) in [5, 5.41) is 0. The first-order valence-corrected chi connectivity index (χ1v) is 6.48. The van der Waals surface area contributed by atoms with Gasteiger partial charge in [-0.3, -0.25) is 0 Å². The maximum Gasteiger partial charge on any atom is 0.180 e. The standard InChI is InChI=1S/C16H17N3O/c1-18(2)13-8-6-12(7-9-13)14-11-19-10-4-5-15(20-3)16(19)17-14/h4-11H,1-3H3. The molecule has 0 N–H and O–H groups in total. The Morgan fingerprint density at radius 3 is 2.50 bits per heavy atom. The van der Waals surface area contributed by atoms with Crippen LogP contribution in [0.5, 0.6) is 5.75 Å². The third-order valence-electron chi connectivity index (χ3n) is 3.35. The molecule has 0 spiro atoms. The monoisotopic (exact) mass is 267 g/mol. The maximum atomic E-state index is 5.34. The summed E-state index contributed by atoms with van der Waals surface area (Å²) in [7, 11) is 5.73. The molecule has 0 amide bonds. The van der Waals surface area contributed by atoms with Crippen LogP contribution in [0, 0.1) is 0 Å². The van der Waals surface area contributed by atoms with Crippen molar-refractivity contribution in [2.45, 2.75) is 0 Å². The highest BCUT2D eigenvalue weighted by Gasteiger charge is 2.08. The number of aromatic nitrogens is 2. The number of fused-ring (bicyclic) bond motifs is 1. The number of hydrogen-bond donors (Lipinski definition) is 0. The summed E-state index contributed by atoms with van der Waals surface area (Å²) in [5.74, 6) is 0.781. The van der Waals surface area contributed by atoms with E-state index in [1.165, 1.54) is 5.69 Å². The largest absolute Gasteiger partial charge is 0.493 e. The van der Waals surface area contributed by atoms with Crippen molar-refractivity contribution in [2.24, 2.45) is 0 Å².